The van der Waals surface area contributed by atoms with E-state index in [1.165, 1.54) is 12.1 Å². The summed E-state index contributed by atoms with van der Waals surface area (Å²) >= 11 is 0. The largest absolute Gasteiger partial charge is 0.303 e. The first kappa shape index (κ1) is 12.0. The summed E-state index contributed by atoms with van der Waals surface area (Å²) in [6.07, 6.45) is 4.69. The zero-order valence-electron chi connectivity index (χ0n) is 9.74. The van der Waals surface area contributed by atoms with Crippen molar-refractivity contribution in [3.8, 4) is 5.69 Å². The van der Waals surface area contributed by atoms with Gasteiger partial charge >= 0.3 is 0 Å². The maximum atomic E-state index is 11.0. The maximum absolute atomic E-state index is 11.0. The molecule has 2 rings (SSSR count). The van der Waals surface area contributed by atoms with Gasteiger partial charge in [-0.05, 0) is 6.07 Å². The summed E-state index contributed by atoms with van der Waals surface area (Å²) in [5.74, 6) is 0.798. The number of carbonyl (C=O) groups is 1. The topological polar surface area (TPSA) is 78.0 Å². The number of carbonyl (C=O) groups excluding carboxylic acids is 1. The molecular formula is C12H11N3O3. The van der Waals surface area contributed by atoms with Gasteiger partial charge in [-0.2, -0.15) is 0 Å². The molecule has 0 saturated carbocycles. The zero-order chi connectivity index (χ0) is 13.1. The van der Waals surface area contributed by atoms with Gasteiger partial charge in [0.2, 0.25) is 0 Å². The van der Waals surface area contributed by atoms with E-state index in [1.807, 2.05) is 6.92 Å². The Bertz CT molecular complexity index is 604. The van der Waals surface area contributed by atoms with Crippen LogP contribution in [0.5, 0.6) is 0 Å². The molecule has 0 unspecified atom stereocenters. The molecule has 2 aromatic rings. The van der Waals surface area contributed by atoms with E-state index in [0.717, 1.165) is 5.82 Å². The number of imidazole rings is 1. The summed E-state index contributed by atoms with van der Waals surface area (Å²) in [7, 11) is 0. The van der Waals surface area contributed by atoms with Gasteiger partial charge in [-0.3, -0.25) is 14.9 Å². The lowest BCUT2D eigenvalue weighted by atomic mass is 10.1. The molecule has 18 heavy (non-hydrogen) atoms. The SMILES string of the molecule is CCc1nccn1-c1ccc([N+](=O)[O-])cc1C=O. The monoisotopic (exact) mass is 245 g/mol. The third kappa shape index (κ3) is 2.00. The van der Waals surface area contributed by atoms with Crippen molar-refractivity contribution in [2.24, 2.45) is 0 Å². The lowest BCUT2D eigenvalue weighted by molar-refractivity contribution is -0.384. The van der Waals surface area contributed by atoms with Crippen LogP contribution in [0.3, 0.4) is 0 Å². The van der Waals surface area contributed by atoms with Crippen LogP contribution in [0.25, 0.3) is 5.69 Å². The minimum absolute atomic E-state index is 0.0981. The van der Waals surface area contributed by atoms with E-state index in [-0.39, 0.29) is 11.3 Å². The molecule has 0 aliphatic carbocycles. The second kappa shape index (κ2) is 4.79. The van der Waals surface area contributed by atoms with E-state index in [2.05, 4.69) is 4.98 Å². The fraction of sp³-hybridized carbons (Fsp3) is 0.167. The van der Waals surface area contributed by atoms with Crippen LogP contribution in [0.15, 0.2) is 30.6 Å². The van der Waals surface area contributed by atoms with Crippen LogP contribution in [0.2, 0.25) is 0 Å². The number of aromatic nitrogens is 2. The fourth-order valence-corrected chi connectivity index (χ4v) is 1.78. The second-order valence-electron chi connectivity index (χ2n) is 3.69. The first-order valence-electron chi connectivity index (χ1n) is 5.43. The molecule has 1 heterocycles. The van der Waals surface area contributed by atoms with E-state index < -0.39 is 4.92 Å². The van der Waals surface area contributed by atoms with Gasteiger partial charge in [0.1, 0.15) is 5.82 Å². The predicted molar refractivity (Wildman–Crippen MR) is 65.0 cm³/mol. The minimum Gasteiger partial charge on any atom is -0.303 e. The molecular weight excluding hydrogens is 234 g/mol. The van der Waals surface area contributed by atoms with Gasteiger partial charge in [0.15, 0.2) is 6.29 Å². The minimum atomic E-state index is -0.522. The van der Waals surface area contributed by atoms with Gasteiger partial charge in [-0.1, -0.05) is 6.92 Å². The fourth-order valence-electron chi connectivity index (χ4n) is 1.78. The molecule has 6 nitrogen and oxygen atoms in total. The molecule has 0 spiro atoms. The molecule has 0 saturated heterocycles. The normalized spacial score (nSPS) is 10.3. The van der Waals surface area contributed by atoms with Crippen LogP contribution in [0, 0.1) is 10.1 Å². The quantitative estimate of drug-likeness (QED) is 0.469. The Morgan fingerprint density at radius 3 is 2.89 bits per heavy atom. The molecule has 0 atom stereocenters. The van der Waals surface area contributed by atoms with Gasteiger partial charge in [0.25, 0.3) is 5.69 Å². The number of rotatable bonds is 4. The molecule has 0 bridgehead atoms. The third-order valence-corrected chi connectivity index (χ3v) is 2.64. The van der Waals surface area contributed by atoms with Gasteiger partial charge in [-0.15, -0.1) is 0 Å². The highest BCUT2D eigenvalue weighted by Gasteiger charge is 2.13. The number of aryl methyl sites for hydroxylation is 1. The van der Waals surface area contributed by atoms with Gasteiger partial charge in [-0.25, -0.2) is 4.98 Å². The van der Waals surface area contributed by atoms with Crippen molar-refractivity contribution in [3.05, 3.63) is 52.1 Å². The standard InChI is InChI=1S/C12H11N3O3/c1-2-12-13-5-6-14(12)11-4-3-10(15(17)18)7-9(11)8-16/h3-8H,2H2,1H3. The molecule has 0 amide bonds. The molecule has 0 aliphatic rings. The number of hydrogen-bond acceptors (Lipinski definition) is 4. The Kier molecular flexibility index (Phi) is 3.18. The highest BCUT2D eigenvalue weighted by Crippen LogP contribution is 2.21. The Hall–Kier alpha value is -2.50. The van der Waals surface area contributed by atoms with Gasteiger partial charge < -0.3 is 4.57 Å². The predicted octanol–water partition coefficient (Wildman–Crippen LogP) is 2.16. The Morgan fingerprint density at radius 1 is 1.50 bits per heavy atom. The third-order valence-electron chi connectivity index (χ3n) is 2.64. The average molecular weight is 245 g/mol. The van der Waals surface area contributed by atoms with Crippen LogP contribution in [0.4, 0.5) is 5.69 Å². The number of nitro benzene ring substituents is 1. The average Bonchev–Trinajstić information content (AvgIpc) is 2.85. The summed E-state index contributed by atoms with van der Waals surface area (Å²) in [6, 6.07) is 4.20. The summed E-state index contributed by atoms with van der Waals surface area (Å²) in [6.45, 7) is 1.95. The summed E-state index contributed by atoms with van der Waals surface area (Å²) in [4.78, 5) is 25.3. The van der Waals surface area contributed by atoms with Crippen LogP contribution in [0.1, 0.15) is 23.1 Å². The summed E-state index contributed by atoms with van der Waals surface area (Å²) in [5.41, 5.74) is 0.779. The van der Waals surface area contributed by atoms with E-state index in [9.17, 15) is 14.9 Å². The highest BCUT2D eigenvalue weighted by atomic mass is 16.6. The van der Waals surface area contributed by atoms with Crippen molar-refractivity contribution in [3.63, 3.8) is 0 Å². The first-order valence-corrected chi connectivity index (χ1v) is 5.43. The summed E-state index contributed by atoms with van der Waals surface area (Å²) < 4.78 is 1.76. The highest BCUT2D eigenvalue weighted by molar-refractivity contribution is 5.82. The number of nitro groups is 1. The Morgan fingerprint density at radius 2 is 2.28 bits per heavy atom. The van der Waals surface area contributed by atoms with Crippen molar-refractivity contribution < 1.29 is 9.72 Å². The number of hydrogen-bond donors (Lipinski definition) is 0. The molecule has 1 aromatic heterocycles. The van der Waals surface area contributed by atoms with Crippen molar-refractivity contribution >= 4 is 12.0 Å². The van der Waals surface area contributed by atoms with Crippen molar-refractivity contribution in [2.75, 3.05) is 0 Å². The maximum Gasteiger partial charge on any atom is 0.270 e. The molecule has 0 aliphatic heterocycles. The van der Waals surface area contributed by atoms with Crippen LogP contribution >= 0.6 is 0 Å². The first-order chi connectivity index (χ1) is 8.67. The molecule has 0 radical (unpaired) electrons. The number of aldehydes is 1. The molecule has 92 valence electrons. The lowest BCUT2D eigenvalue weighted by Crippen LogP contribution is -2.03. The Balaban J connectivity index is 2.58. The molecule has 6 heteroatoms. The number of non-ortho nitro benzene ring substituents is 1. The van der Waals surface area contributed by atoms with E-state index in [4.69, 9.17) is 0 Å². The van der Waals surface area contributed by atoms with E-state index in [1.54, 1.807) is 23.0 Å². The van der Waals surface area contributed by atoms with Crippen molar-refractivity contribution in [2.45, 2.75) is 13.3 Å². The number of benzene rings is 1. The molecule has 0 N–H and O–H groups in total. The Labute approximate surface area is 103 Å². The second-order valence-corrected chi connectivity index (χ2v) is 3.69. The van der Waals surface area contributed by atoms with Crippen molar-refractivity contribution in [1.29, 1.82) is 0 Å². The van der Waals surface area contributed by atoms with Crippen LogP contribution < -0.4 is 0 Å². The zero-order valence-corrected chi connectivity index (χ0v) is 9.74. The number of nitrogens with zero attached hydrogens (tertiary/aromatic N) is 3. The molecule has 1 aromatic carbocycles. The summed E-state index contributed by atoms with van der Waals surface area (Å²) in [5, 5.41) is 10.7. The van der Waals surface area contributed by atoms with E-state index in [0.29, 0.717) is 18.4 Å². The van der Waals surface area contributed by atoms with E-state index >= 15 is 0 Å². The lowest BCUT2D eigenvalue weighted by Gasteiger charge is -2.08. The smallest absolute Gasteiger partial charge is 0.270 e. The molecule has 0 fully saturated rings. The van der Waals surface area contributed by atoms with Gasteiger partial charge in [0.05, 0.1) is 10.6 Å². The van der Waals surface area contributed by atoms with Crippen LogP contribution in [-0.2, 0) is 6.42 Å². The van der Waals surface area contributed by atoms with Gasteiger partial charge in [0, 0.05) is 36.5 Å². The van der Waals surface area contributed by atoms with Crippen molar-refractivity contribution in [1.82, 2.24) is 9.55 Å². The van der Waals surface area contributed by atoms with Crippen LogP contribution in [-0.4, -0.2) is 20.8 Å².